The predicted molar refractivity (Wildman–Crippen MR) is 207 cm³/mol. The van der Waals surface area contributed by atoms with Gasteiger partial charge in [-0.3, -0.25) is 9.88 Å². The van der Waals surface area contributed by atoms with E-state index in [-0.39, 0.29) is 31.4 Å². The van der Waals surface area contributed by atoms with E-state index in [0.717, 1.165) is 6.42 Å². The number of carboxylic acids is 1. The molecular weight excluding hydrogens is 744 g/mol. The molecule has 2 aromatic heterocycles. The van der Waals surface area contributed by atoms with Gasteiger partial charge in [0.25, 0.3) is 0 Å². The normalized spacial score (nSPS) is 21.8. The van der Waals surface area contributed by atoms with Crippen LogP contribution in [-0.2, 0) is 33.2 Å². The molecule has 4 rings (SSSR count). The van der Waals surface area contributed by atoms with Crippen molar-refractivity contribution < 1.29 is 52.7 Å². The quantitative estimate of drug-likeness (QED) is 0.167. The summed E-state index contributed by atoms with van der Waals surface area (Å²) in [6.45, 7) is 22.3. The molecule has 2 aliphatic heterocycles. The SMILES string of the molecule is CCCC(CCN(CC[C@H](NC(=O)OC(C)(C)C)C(=O)O)C[C@H]1O[C@@H](n2cnc3c(NC(=O)OC(C)(C)C)ncnc32)[C@@H]2OC(C)(C)O[C@@H]21)NC(=O)OC(C)(C)C. The Balaban J connectivity index is 1.60. The second-order valence-corrected chi connectivity index (χ2v) is 17.8. The van der Waals surface area contributed by atoms with Gasteiger partial charge in [0, 0.05) is 25.7 Å². The van der Waals surface area contributed by atoms with Crippen molar-refractivity contribution in [3.05, 3.63) is 12.7 Å². The highest BCUT2D eigenvalue weighted by molar-refractivity contribution is 5.93. The standard InChI is InChI=1S/C38H62N8O11/c1-13-14-22(42-32(49)55-35(2,3)4)15-17-45(18-16-23(31(47)48)43-33(50)56-36(5,6)7)19-24-26-27(54-38(11,12)53-26)30(52-24)46-21-41-25-28(39-20-40-29(25)46)44-34(51)57-37(8,9)10/h20-24,26-27,30H,13-19H2,1-12H3,(H,42,49)(H,43,50)(H,47,48)(H,39,40,44,51)/t22?,23-,24+,26+,27+,30+/m0/s1. The van der Waals surface area contributed by atoms with Crippen molar-refractivity contribution in [2.75, 3.05) is 25.0 Å². The fraction of sp³-hybridized carbons (Fsp3) is 0.763. The second-order valence-electron chi connectivity index (χ2n) is 17.8. The van der Waals surface area contributed by atoms with Gasteiger partial charge in [-0.1, -0.05) is 13.3 Å². The highest BCUT2D eigenvalue weighted by Gasteiger charge is 2.56. The molecule has 320 valence electrons. The third-order valence-electron chi connectivity index (χ3n) is 8.69. The van der Waals surface area contributed by atoms with Crippen molar-refractivity contribution in [2.24, 2.45) is 0 Å². The first-order valence-electron chi connectivity index (χ1n) is 19.5. The summed E-state index contributed by atoms with van der Waals surface area (Å²) in [4.78, 5) is 65.5. The number of anilines is 1. The maximum absolute atomic E-state index is 12.8. The number of alkyl carbamates (subject to hydrolysis) is 2. The van der Waals surface area contributed by atoms with E-state index in [4.69, 9.17) is 28.4 Å². The monoisotopic (exact) mass is 806 g/mol. The summed E-state index contributed by atoms with van der Waals surface area (Å²) >= 11 is 0. The van der Waals surface area contributed by atoms with Gasteiger partial charge in [-0.15, -0.1) is 0 Å². The van der Waals surface area contributed by atoms with Crippen molar-refractivity contribution in [2.45, 2.75) is 168 Å². The summed E-state index contributed by atoms with van der Waals surface area (Å²) < 4.78 is 37.5. The first-order chi connectivity index (χ1) is 26.3. The van der Waals surface area contributed by atoms with Crippen LogP contribution < -0.4 is 16.0 Å². The van der Waals surface area contributed by atoms with Gasteiger partial charge in [0.15, 0.2) is 29.0 Å². The Morgan fingerprint density at radius 1 is 0.842 bits per heavy atom. The van der Waals surface area contributed by atoms with Crippen LogP contribution >= 0.6 is 0 Å². The Morgan fingerprint density at radius 2 is 1.42 bits per heavy atom. The first kappa shape index (κ1) is 45.4. The van der Waals surface area contributed by atoms with Crippen LogP contribution in [0.4, 0.5) is 20.2 Å². The van der Waals surface area contributed by atoms with Crippen LogP contribution in [0.15, 0.2) is 12.7 Å². The lowest BCUT2D eigenvalue weighted by Crippen LogP contribution is -2.47. The van der Waals surface area contributed by atoms with Crippen molar-refractivity contribution in [1.82, 2.24) is 35.1 Å². The van der Waals surface area contributed by atoms with Crippen LogP contribution in [0, 0.1) is 0 Å². The van der Waals surface area contributed by atoms with E-state index in [1.54, 1.807) is 66.9 Å². The average Bonchev–Trinajstić information content (AvgIpc) is 3.70. The largest absolute Gasteiger partial charge is 0.480 e. The number of aromatic nitrogens is 4. The summed E-state index contributed by atoms with van der Waals surface area (Å²) in [5, 5.41) is 18.2. The molecule has 2 aromatic rings. The van der Waals surface area contributed by atoms with E-state index in [2.05, 4.69) is 30.9 Å². The van der Waals surface area contributed by atoms with Crippen LogP contribution in [0.1, 0.15) is 115 Å². The Morgan fingerprint density at radius 3 is 2.02 bits per heavy atom. The molecule has 0 saturated carbocycles. The molecule has 19 nitrogen and oxygen atoms in total. The molecule has 6 atom stereocenters. The van der Waals surface area contributed by atoms with Crippen molar-refractivity contribution in [1.29, 1.82) is 0 Å². The molecule has 4 N–H and O–H groups in total. The third-order valence-corrected chi connectivity index (χ3v) is 8.69. The lowest BCUT2D eigenvalue weighted by atomic mass is 10.1. The number of amides is 3. The first-order valence-corrected chi connectivity index (χ1v) is 19.5. The van der Waals surface area contributed by atoms with E-state index >= 15 is 0 Å². The van der Waals surface area contributed by atoms with Gasteiger partial charge in [0.05, 0.1) is 6.33 Å². The molecule has 3 amide bonds. The molecule has 0 aromatic carbocycles. The number of rotatable bonds is 15. The molecule has 57 heavy (non-hydrogen) atoms. The summed E-state index contributed by atoms with van der Waals surface area (Å²) in [7, 11) is 0. The number of carbonyl (C=O) groups excluding carboxylic acids is 3. The Kier molecular flexibility index (Phi) is 14.4. The molecule has 19 heteroatoms. The number of fused-ring (bicyclic) bond motifs is 2. The Bertz CT molecular complexity index is 1710. The van der Waals surface area contributed by atoms with Gasteiger partial charge in [-0.25, -0.2) is 34.1 Å². The lowest BCUT2D eigenvalue weighted by molar-refractivity contribution is -0.198. The van der Waals surface area contributed by atoms with Gasteiger partial charge in [0.2, 0.25) is 0 Å². The molecule has 2 saturated heterocycles. The number of hydrogen-bond donors (Lipinski definition) is 4. The number of ether oxygens (including phenoxy) is 6. The minimum absolute atomic E-state index is 0.0378. The Hall–Kier alpha value is -4.33. The lowest BCUT2D eigenvalue weighted by Gasteiger charge is -2.31. The third kappa shape index (κ3) is 13.6. The van der Waals surface area contributed by atoms with Crippen LogP contribution in [0.3, 0.4) is 0 Å². The van der Waals surface area contributed by atoms with Crippen molar-refractivity contribution in [3.63, 3.8) is 0 Å². The molecule has 0 bridgehead atoms. The molecule has 0 radical (unpaired) electrons. The van der Waals surface area contributed by atoms with Crippen LogP contribution in [-0.4, -0.2) is 126 Å². The van der Waals surface area contributed by atoms with Crippen molar-refractivity contribution in [3.8, 4) is 0 Å². The van der Waals surface area contributed by atoms with E-state index in [1.165, 1.54) is 12.7 Å². The highest BCUT2D eigenvalue weighted by atomic mass is 16.8. The molecule has 4 heterocycles. The van der Waals surface area contributed by atoms with E-state index in [1.807, 2.05) is 25.7 Å². The van der Waals surface area contributed by atoms with E-state index in [9.17, 15) is 24.3 Å². The Labute approximate surface area is 334 Å². The number of nitrogens with one attached hydrogen (secondary N) is 3. The number of carboxylic acid groups (broad SMARTS) is 1. The minimum atomic E-state index is -1.25. The van der Waals surface area contributed by atoms with E-state index in [0.29, 0.717) is 30.6 Å². The van der Waals surface area contributed by atoms with Crippen LogP contribution in [0.25, 0.3) is 11.2 Å². The molecule has 0 spiro atoms. The van der Waals surface area contributed by atoms with E-state index < -0.39 is 77.4 Å². The number of carbonyl (C=O) groups is 4. The zero-order valence-electron chi connectivity index (χ0n) is 35.3. The number of aliphatic carboxylic acids is 1. The predicted octanol–water partition coefficient (Wildman–Crippen LogP) is 5.34. The van der Waals surface area contributed by atoms with Gasteiger partial charge in [-0.05, 0) is 95.4 Å². The topological polar surface area (TPSA) is 227 Å². The maximum atomic E-state index is 12.8. The number of hydrogen-bond acceptors (Lipinski definition) is 14. The summed E-state index contributed by atoms with van der Waals surface area (Å²) in [5.74, 6) is -2.02. The van der Waals surface area contributed by atoms with Gasteiger partial charge in [0.1, 0.15) is 47.5 Å². The summed E-state index contributed by atoms with van der Waals surface area (Å²) in [5.41, 5.74) is -1.54. The van der Waals surface area contributed by atoms with Crippen LogP contribution in [0.5, 0.6) is 0 Å². The zero-order chi connectivity index (χ0) is 42.5. The molecule has 2 aliphatic rings. The second kappa shape index (κ2) is 18.1. The fourth-order valence-electron chi connectivity index (χ4n) is 6.58. The molecule has 1 unspecified atom stereocenters. The van der Waals surface area contributed by atoms with Gasteiger partial charge in [-0.2, -0.15) is 0 Å². The minimum Gasteiger partial charge on any atom is -0.480 e. The molecule has 2 fully saturated rings. The fourth-order valence-corrected chi connectivity index (χ4v) is 6.58. The molecular formula is C38H62N8O11. The van der Waals surface area contributed by atoms with Crippen molar-refractivity contribution >= 4 is 41.2 Å². The van der Waals surface area contributed by atoms with Gasteiger partial charge < -0.3 is 49.1 Å². The number of imidazole rings is 1. The van der Waals surface area contributed by atoms with Gasteiger partial charge >= 0.3 is 24.2 Å². The smallest absolute Gasteiger partial charge is 0.413 e. The summed E-state index contributed by atoms with van der Waals surface area (Å²) in [6.07, 6.45) is 0.286. The summed E-state index contributed by atoms with van der Waals surface area (Å²) in [6, 6.07) is -1.48. The zero-order valence-corrected chi connectivity index (χ0v) is 35.3. The number of nitrogens with zero attached hydrogens (tertiary/aromatic N) is 5. The van der Waals surface area contributed by atoms with Crippen LogP contribution in [0.2, 0.25) is 0 Å². The average molecular weight is 807 g/mol. The highest BCUT2D eigenvalue weighted by Crippen LogP contribution is 2.44. The maximum Gasteiger partial charge on any atom is 0.413 e. The molecule has 0 aliphatic carbocycles.